The van der Waals surface area contributed by atoms with E-state index in [4.69, 9.17) is 9.47 Å². The van der Waals surface area contributed by atoms with E-state index >= 15 is 0 Å². The standard InChI is InChI=1S/C26H33NO5S/c1-19-7-5-6-8-23(19)33(29,30)20-9-10-21-22(17-20)31-18-26(21)12-15-27(16-13-26)14-11-24(28)32-25(2,3)4/h5-10,17H,11-16,18H2,1-4H3. The molecular weight excluding hydrogens is 438 g/mol. The lowest BCUT2D eigenvalue weighted by Crippen LogP contribution is -2.44. The van der Waals surface area contributed by atoms with Crippen LogP contribution in [0.15, 0.2) is 52.3 Å². The maximum atomic E-state index is 13.2. The van der Waals surface area contributed by atoms with E-state index in [1.165, 1.54) is 0 Å². The molecular formula is C26H33NO5S. The Kier molecular flexibility index (Phi) is 6.31. The number of fused-ring (bicyclic) bond motifs is 2. The minimum Gasteiger partial charge on any atom is -0.492 e. The number of piperidine rings is 1. The van der Waals surface area contributed by atoms with Crippen LogP contribution in [0, 0.1) is 6.92 Å². The van der Waals surface area contributed by atoms with E-state index in [9.17, 15) is 13.2 Å². The van der Waals surface area contributed by atoms with Crippen molar-refractivity contribution in [1.29, 1.82) is 0 Å². The summed E-state index contributed by atoms with van der Waals surface area (Å²) in [5.41, 5.74) is 1.27. The highest BCUT2D eigenvalue weighted by Crippen LogP contribution is 2.46. The van der Waals surface area contributed by atoms with Crippen LogP contribution in [-0.4, -0.2) is 51.1 Å². The number of aryl methyl sites for hydroxylation is 1. The Bertz CT molecular complexity index is 1140. The molecule has 1 saturated heterocycles. The number of likely N-dealkylation sites (tertiary alicyclic amines) is 1. The third-order valence-electron chi connectivity index (χ3n) is 6.59. The first-order valence-electron chi connectivity index (χ1n) is 11.5. The number of esters is 1. The molecule has 0 aliphatic carbocycles. The van der Waals surface area contributed by atoms with Gasteiger partial charge in [0.15, 0.2) is 0 Å². The van der Waals surface area contributed by atoms with Crippen molar-refractivity contribution in [2.24, 2.45) is 0 Å². The van der Waals surface area contributed by atoms with Crippen LogP contribution in [0.5, 0.6) is 5.75 Å². The van der Waals surface area contributed by atoms with Crippen molar-refractivity contribution in [2.75, 3.05) is 26.2 Å². The first-order chi connectivity index (χ1) is 15.5. The molecule has 1 fully saturated rings. The summed E-state index contributed by atoms with van der Waals surface area (Å²) in [7, 11) is -3.60. The molecule has 0 radical (unpaired) electrons. The van der Waals surface area contributed by atoms with Gasteiger partial charge in [-0.2, -0.15) is 0 Å². The second-order valence-corrected chi connectivity index (χ2v) is 12.1. The summed E-state index contributed by atoms with van der Waals surface area (Å²) in [6.07, 6.45) is 2.22. The minimum absolute atomic E-state index is 0.0945. The zero-order valence-corrected chi connectivity index (χ0v) is 20.7. The van der Waals surface area contributed by atoms with Crippen molar-refractivity contribution in [3.05, 3.63) is 53.6 Å². The van der Waals surface area contributed by atoms with Gasteiger partial charge in [-0.05, 0) is 77.4 Å². The lowest BCUT2D eigenvalue weighted by molar-refractivity contribution is -0.155. The molecule has 0 aromatic heterocycles. The average molecular weight is 472 g/mol. The summed E-state index contributed by atoms with van der Waals surface area (Å²) >= 11 is 0. The average Bonchev–Trinajstić information content (AvgIpc) is 3.10. The number of ether oxygens (including phenoxy) is 2. The number of sulfone groups is 1. The van der Waals surface area contributed by atoms with Crippen molar-refractivity contribution < 1.29 is 22.7 Å². The Labute approximate surface area is 196 Å². The van der Waals surface area contributed by atoms with Crippen LogP contribution < -0.4 is 4.74 Å². The Morgan fingerprint density at radius 3 is 2.48 bits per heavy atom. The zero-order chi connectivity index (χ0) is 23.9. The Morgan fingerprint density at radius 2 is 1.82 bits per heavy atom. The predicted octanol–water partition coefficient (Wildman–Crippen LogP) is 4.29. The number of hydrogen-bond donors (Lipinski definition) is 0. The predicted molar refractivity (Wildman–Crippen MR) is 126 cm³/mol. The van der Waals surface area contributed by atoms with E-state index in [0.29, 0.717) is 30.2 Å². The molecule has 2 aromatic rings. The summed E-state index contributed by atoms with van der Waals surface area (Å²) < 4.78 is 37.8. The van der Waals surface area contributed by atoms with Crippen molar-refractivity contribution in [3.63, 3.8) is 0 Å². The van der Waals surface area contributed by atoms with Crippen LogP contribution in [0.25, 0.3) is 0 Å². The van der Waals surface area contributed by atoms with Gasteiger partial charge < -0.3 is 14.4 Å². The van der Waals surface area contributed by atoms with Crippen molar-refractivity contribution in [1.82, 2.24) is 4.90 Å². The molecule has 0 N–H and O–H groups in total. The molecule has 6 nitrogen and oxygen atoms in total. The summed E-state index contributed by atoms with van der Waals surface area (Å²) in [6.45, 7) is 10.4. The lowest BCUT2D eigenvalue weighted by Gasteiger charge is -2.38. The second kappa shape index (κ2) is 8.76. The van der Waals surface area contributed by atoms with E-state index in [2.05, 4.69) is 4.90 Å². The smallest absolute Gasteiger partial charge is 0.307 e. The van der Waals surface area contributed by atoms with Crippen LogP contribution in [0.2, 0.25) is 0 Å². The quantitative estimate of drug-likeness (QED) is 0.606. The molecule has 2 aliphatic rings. The fourth-order valence-corrected chi connectivity index (χ4v) is 6.28. The zero-order valence-electron chi connectivity index (χ0n) is 19.9. The number of rotatable bonds is 5. The number of nitrogens with zero attached hydrogens (tertiary/aromatic N) is 1. The SMILES string of the molecule is Cc1ccccc1S(=O)(=O)c1ccc2c(c1)OCC21CCN(CCC(=O)OC(C)(C)C)CC1. The largest absolute Gasteiger partial charge is 0.492 e. The van der Waals surface area contributed by atoms with Gasteiger partial charge in [-0.25, -0.2) is 8.42 Å². The minimum atomic E-state index is -3.60. The number of carbonyl (C=O) groups is 1. The van der Waals surface area contributed by atoms with Crippen LogP contribution in [0.4, 0.5) is 0 Å². The summed E-state index contributed by atoms with van der Waals surface area (Å²) in [4.78, 5) is 14.9. The maximum Gasteiger partial charge on any atom is 0.307 e. The van der Waals surface area contributed by atoms with Crippen molar-refractivity contribution >= 4 is 15.8 Å². The highest BCUT2D eigenvalue weighted by atomic mass is 32.2. The summed E-state index contributed by atoms with van der Waals surface area (Å²) in [6, 6.07) is 12.4. The molecule has 1 spiro atoms. The number of hydrogen-bond acceptors (Lipinski definition) is 6. The normalized spacial score (nSPS) is 18.1. The van der Waals surface area contributed by atoms with Gasteiger partial charge in [0.2, 0.25) is 9.84 Å². The van der Waals surface area contributed by atoms with Gasteiger partial charge in [-0.15, -0.1) is 0 Å². The maximum absolute atomic E-state index is 13.2. The molecule has 0 atom stereocenters. The van der Waals surface area contributed by atoms with Gasteiger partial charge in [0.1, 0.15) is 11.4 Å². The highest BCUT2D eigenvalue weighted by molar-refractivity contribution is 7.91. The van der Waals surface area contributed by atoms with E-state index in [1.807, 2.05) is 45.9 Å². The third-order valence-corrected chi connectivity index (χ3v) is 8.50. The summed E-state index contributed by atoms with van der Waals surface area (Å²) in [5.74, 6) is 0.506. The molecule has 0 unspecified atom stereocenters. The first kappa shape index (κ1) is 23.8. The van der Waals surface area contributed by atoms with Gasteiger partial charge >= 0.3 is 5.97 Å². The Hall–Kier alpha value is -2.38. The molecule has 0 amide bonds. The molecule has 2 aromatic carbocycles. The van der Waals surface area contributed by atoms with E-state index in [1.54, 1.807) is 24.3 Å². The highest BCUT2D eigenvalue weighted by Gasteiger charge is 2.43. The molecule has 33 heavy (non-hydrogen) atoms. The van der Waals surface area contributed by atoms with Crippen molar-refractivity contribution in [3.8, 4) is 5.75 Å². The molecule has 0 bridgehead atoms. The van der Waals surface area contributed by atoms with E-state index < -0.39 is 15.4 Å². The van der Waals surface area contributed by atoms with Crippen LogP contribution in [0.3, 0.4) is 0 Å². The monoisotopic (exact) mass is 471 g/mol. The Balaban J connectivity index is 1.44. The van der Waals surface area contributed by atoms with E-state index in [-0.39, 0.29) is 16.3 Å². The summed E-state index contributed by atoms with van der Waals surface area (Å²) in [5, 5.41) is 0. The van der Waals surface area contributed by atoms with Crippen molar-refractivity contribution in [2.45, 2.75) is 67.8 Å². The van der Waals surface area contributed by atoms with Crippen LogP contribution >= 0.6 is 0 Å². The molecule has 0 saturated carbocycles. The van der Waals surface area contributed by atoms with E-state index in [0.717, 1.165) is 37.1 Å². The Morgan fingerprint density at radius 1 is 1.12 bits per heavy atom. The van der Waals surface area contributed by atoms with Gasteiger partial charge in [0, 0.05) is 17.5 Å². The van der Waals surface area contributed by atoms with Gasteiger partial charge in [-0.1, -0.05) is 24.3 Å². The first-order valence-corrected chi connectivity index (χ1v) is 13.0. The van der Waals surface area contributed by atoms with Crippen LogP contribution in [0.1, 0.15) is 51.2 Å². The lowest BCUT2D eigenvalue weighted by atomic mass is 9.74. The molecule has 2 heterocycles. The topological polar surface area (TPSA) is 72.9 Å². The molecule has 178 valence electrons. The molecule has 2 aliphatic heterocycles. The van der Waals surface area contributed by atoms with Crippen LogP contribution in [-0.2, 0) is 24.8 Å². The number of benzene rings is 2. The van der Waals surface area contributed by atoms with Gasteiger partial charge in [0.05, 0.1) is 22.8 Å². The molecule has 4 rings (SSSR count). The van der Waals surface area contributed by atoms with Gasteiger partial charge in [0.25, 0.3) is 0 Å². The fourth-order valence-electron chi connectivity index (χ4n) is 4.77. The molecule has 7 heteroatoms. The fraction of sp³-hybridized carbons (Fsp3) is 0.500. The third kappa shape index (κ3) is 4.94. The van der Waals surface area contributed by atoms with Gasteiger partial charge in [-0.3, -0.25) is 4.79 Å². The second-order valence-electron chi connectivity index (χ2n) is 10.2. The number of carbonyl (C=O) groups excluding carboxylic acids is 1.